The minimum Gasteiger partial charge on any atom is -0.354 e. The quantitative estimate of drug-likeness (QED) is 0.873. The van der Waals surface area contributed by atoms with Gasteiger partial charge in [0.05, 0.1) is 5.69 Å². The molecule has 0 aliphatic carbocycles. The Morgan fingerprint density at radius 1 is 1.33 bits per heavy atom. The second-order valence-electron chi connectivity index (χ2n) is 4.64. The molecule has 3 rings (SSSR count). The molecule has 0 saturated carbocycles. The number of aromatic amines is 1. The van der Waals surface area contributed by atoms with Crippen LogP contribution in [-0.4, -0.2) is 29.3 Å². The van der Waals surface area contributed by atoms with Crippen molar-refractivity contribution in [2.75, 3.05) is 18.0 Å². The van der Waals surface area contributed by atoms with Crippen molar-refractivity contribution in [3.05, 3.63) is 35.4 Å². The highest BCUT2D eigenvalue weighted by Gasteiger charge is 2.21. The minimum absolute atomic E-state index is 0.265. The summed E-state index contributed by atoms with van der Waals surface area (Å²) >= 11 is 5.88. The number of anilines is 1. The van der Waals surface area contributed by atoms with E-state index in [1.807, 2.05) is 24.3 Å². The van der Waals surface area contributed by atoms with E-state index < -0.39 is 0 Å². The van der Waals surface area contributed by atoms with Crippen LogP contribution in [0.1, 0.15) is 6.42 Å². The van der Waals surface area contributed by atoms with Crippen LogP contribution in [0.2, 0.25) is 5.02 Å². The van der Waals surface area contributed by atoms with Crippen molar-refractivity contribution >= 4 is 17.4 Å². The zero-order chi connectivity index (χ0) is 12.5. The third kappa shape index (κ3) is 2.21. The van der Waals surface area contributed by atoms with E-state index >= 15 is 0 Å². The molecule has 0 radical (unpaired) electrons. The standard InChI is InChI=1S/C13H15ClN4/c14-10-3-1-9(2-4-10)12-7-13(17-16-12)18-6-5-11(15)8-18/h1-4,7,11H,5-6,8,15H2,(H,16,17). The highest BCUT2D eigenvalue weighted by Crippen LogP contribution is 2.25. The summed E-state index contributed by atoms with van der Waals surface area (Å²) in [6, 6.07) is 10.0. The Bertz CT molecular complexity index is 534. The van der Waals surface area contributed by atoms with Crippen LogP contribution in [0, 0.1) is 0 Å². The average Bonchev–Trinajstić information content (AvgIpc) is 2.98. The van der Waals surface area contributed by atoms with E-state index in [2.05, 4.69) is 21.2 Å². The molecule has 1 fully saturated rings. The van der Waals surface area contributed by atoms with E-state index in [4.69, 9.17) is 17.3 Å². The maximum Gasteiger partial charge on any atom is 0.151 e. The van der Waals surface area contributed by atoms with Crippen LogP contribution < -0.4 is 10.6 Å². The van der Waals surface area contributed by atoms with Crippen LogP contribution in [0.5, 0.6) is 0 Å². The molecule has 94 valence electrons. The average molecular weight is 263 g/mol. The number of nitrogens with one attached hydrogen (secondary N) is 1. The van der Waals surface area contributed by atoms with E-state index in [-0.39, 0.29) is 6.04 Å². The van der Waals surface area contributed by atoms with E-state index in [9.17, 15) is 0 Å². The molecule has 1 aliphatic rings. The summed E-state index contributed by atoms with van der Waals surface area (Å²) in [4.78, 5) is 2.21. The summed E-state index contributed by atoms with van der Waals surface area (Å²) in [5.74, 6) is 0.966. The van der Waals surface area contributed by atoms with Gasteiger partial charge in [0.1, 0.15) is 0 Å². The van der Waals surface area contributed by atoms with Crippen molar-refractivity contribution < 1.29 is 0 Å². The van der Waals surface area contributed by atoms with Crippen molar-refractivity contribution in [3.8, 4) is 11.3 Å². The maximum absolute atomic E-state index is 5.90. The number of hydrogen-bond donors (Lipinski definition) is 2. The second kappa shape index (κ2) is 4.63. The van der Waals surface area contributed by atoms with E-state index in [1.165, 1.54) is 0 Å². The first kappa shape index (κ1) is 11.6. The fourth-order valence-electron chi connectivity index (χ4n) is 2.25. The molecule has 1 aliphatic heterocycles. The van der Waals surface area contributed by atoms with Crippen LogP contribution in [-0.2, 0) is 0 Å². The van der Waals surface area contributed by atoms with E-state index in [0.717, 1.165) is 41.6 Å². The van der Waals surface area contributed by atoms with Gasteiger partial charge in [-0.25, -0.2) is 0 Å². The Labute approximate surface area is 111 Å². The molecule has 2 aromatic rings. The predicted octanol–water partition coefficient (Wildman–Crippen LogP) is 2.27. The van der Waals surface area contributed by atoms with Gasteiger partial charge >= 0.3 is 0 Å². The molecular weight excluding hydrogens is 248 g/mol. The Morgan fingerprint density at radius 2 is 2.11 bits per heavy atom. The van der Waals surface area contributed by atoms with Gasteiger partial charge in [0.25, 0.3) is 0 Å². The molecule has 3 N–H and O–H groups in total. The van der Waals surface area contributed by atoms with Crippen LogP contribution in [0.3, 0.4) is 0 Å². The molecule has 0 spiro atoms. The molecule has 1 atom stereocenters. The Kier molecular flexibility index (Phi) is 2.97. The van der Waals surface area contributed by atoms with Gasteiger partial charge in [-0.2, -0.15) is 5.10 Å². The van der Waals surface area contributed by atoms with Gasteiger partial charge in [-0.15, -0.1) is 0 Å². The van der Waals surface area contributed by atoms with Gasteiger partial charge in [0, 0.05) is 30.2 Å². The van der Waals surface area contributed by atoms with E-state index in [0.29, 0.717) is 0 Å². The van der Waals surface area contributed by atoms with Gasteiger partial charge in [-0.05, 0) is 24.1 Å². The third-order valence-corrected chi connectivity index (χ3v) is 3.52. The highest BCUT2D eigenvalue weighted by atomic mass is 35.5. The van der Waals surface area contributed by atoms with Crippen molar-refractivity contribution in [1.82, 2.24) is 10.2 Å². The largest absolute Gasteiger partial charge is 0.354 e. The van der Waals surface area contributed by atoms with Crippen LogP contribution in [0.15, 0.2) is 30.3 Å². The smallest absolute Gasteiger partial charge is 0.151 e. The van der Waals surface area contributed by atoms with Gasteiger partial charge in [0.15, 0.2) is 5.82 Å². The summed E-state index contributed by atoms with van der Waals surface area (Å²) in [7, 11) is 0. The number of hydrogen-bond acceptors (Lipinski definition) is 3. The summed E-state index contributed by atoms with van der Waals surface area (Å²) in [5, 5.41) is 8.14. The molecule has 4 nitrogen and oxygen atoms in total. The number of H-pyrrole nitrogens is 1. The first-order valence-electron chi connectivity index (χ1n) is 6.04. The number of nitrogens with zero attached hydrogens (tertiary/aromatic N) is 2. The third-order valence-electron chi connectivity index (χ3n) is 3.27. The van der Waals surface area contributed by atoms with Crippen molar-refractivity contribution in [2.45, 2.75) is 12.5 Å². The topological polar surface area (TPSA) is 57.9 Å². The summed E-state index contributed by atoms with van der Waals surface area (Å²) < 4.78 is 0. The fourth-order valence-corrected chi connectivity index (χ4v) is 2.37. The van der Waals surface area contributed by atoms with Gasteiger partial charge < -0.3 is 10.6 Å². The molecule has 0 bridgehead atoms. The Balaban J connectivity index is 1.83. The highest BCUT2D eigenvalue weighted by molar-refractivity contribution is 6.30. The van der Waals surface area contributed by atoms with Crippen molar-refractivity contribution in [1.29, 1.82) is 0 Å². The summed E-state index contributed by atoms with van der Waals surface area (Å²) in [6.45, 7) is 1.86. The monoisotopic (exact) mass is 262 g/mol. The molecule has 1 unspecified atom stereocenters. The Morgan fingerprint density at radius 3 is 2.78 bits per heavy atom. The number of rotatable bonds is 2. The van der Waals surface area contributed by atoms with Crippen LogP contribution in [0.4, 0.5) is 5.82 Å². The lowest BCUT2D eigenvalue weighted by molar-refractivity contribution is 0.751. The predicted molar refractivity (Wildman–Crippen MR) is 73.8 cm³/mol. The molecule has 1 saturated heterocycles. The fraction of sp³-hybridized carbons (Fsp3) is 0.308. The SMILES string of the molecule is NC1CCN(c2cc(-c3ccc(Cl)cc3)[nH]n2)C1. The van der Waals surface area contributed by atoms with Crippen LogP contribution >= 0.6 is 11.6 Å². The van der Waals surface area contributed by atoms with E-state index in [1.54, 1.807) is 0 Å². The molecular formula is C13H15ClN4. The van der Waals surface area contributed by atoms with Crippen molar-refractivity contribution in [3.63, 3.8) is 0 Å². The number of benzene rings is 1. The molecule has 18 heavy (non-hydrogen) atoms. The molecule has 2 heterocycles. The first-order chi connectivity index (χ1) is 8.72. The zero-order valence-corrected chi connectivity index (χ0v) is 10.7. The first-order valence-corrected chi connectivity index (χ1v) is 6.42. The molecule has 0 amide bonds. The van der Waals surface area contributed by atoms with Gasteiger partial charge in [-0.1, -0.05) is 23.7 Å². The molecule has 1 aromatic carbocycles. The van der Waals surface area contributed by atoms with Crippen molar-refractivity contribution in [2.24, 2.45) is 5.73 Å². The summed E-state index contributed by atoms with van der Waals surface area (Å²) in [5.41, 5.74) is 7.99. The lowest BCUT2D eigenvalue weighted by Crippen LogP contribution is -2.26. The normalized spacial score (nSPS) is 19.4. The second-order valence-corrected chi connectivity index (χ2v) is 5.08. The molecule has 1 aromatic heterocycles. The number of aromatic nitrogens is 2. The number of nitrogens with two attached hydrogens (primary N) is 1. The lowest BCUT2D eigenvalue weighted by Gasteiger charge is -2.13. The molecule has 5 heteroatoms. The lowest BCUT2D eigenvalue weighted by atomic mass is 10.1. The van der Waals surface area contributed by atoms with Gasteiger partial charge in [0.2, 0.25) is 0 Å². The Hall–Kier alpha value is -1.52. The summed E-state index contributed by atoms with van der Waals surface area (Å²) in [6.07, 6.45) is 1.03. The minimum atomic E-state index is 0.265. The van der Waals surface area contributed by atoms with Crippen LogP contribution in [0.25, 0.3) is 11.3 Å². The zero-order valence-electron chi connectivity index (χ0n) is 9.94. The number of halogens is 1. The van der Waals surface area contributed by atoms with Gasteiger partial charge in [-0.3, -0.25) is 5.10 Å². The maximum atomic E-state index is 5.90.